The first kappa shape index (κ1) is 21.3. The van der Waals surface area contributed by atoms with Gasteiger partial charge in [0.2, 0.25) is 5.91 Å². The van der Waals surface area contributed by atoms with Crippen LogP contribution in [0.2, 0.25) is 0 Å². The van der Waals surface area contributed by atoms with Gasteiger partial charge in [-0.25, -0.2) is 0 Å². The van der Waals surface area contributed by atoms with Crippen LogP contribution in [0.4, 0.5) is 11.4 Å². The summed E-state index contributed by atoms with van der Waals surface area (Å²) in [5, 5.41) is 6.03. The molecule has 0 spiro atoms. The largest absolute Gasteiger partial charge is 0.371 e. The fourth-order valence-corrected chi connectivity index (χ4v) is 3.37. The summed E-state index contributed by atoms with van der Waals surface area (Å²) in [7, 11) is 0. The average Bonchev–Trinajstić information content (AvgIpc) is 2.68. The van der Waals surface area contributed by atoms with E-state index in [4.69, 9.17) is 0 Å². The Morgan fingerprint density at radius 1 is 1.11 bits per heavy atom. The van der Waals surface area contributed by atoms with Crippen molar-refractivity contribution in [2.75, 3.05) is 23.3 Å². The van der Waals surface area contributed by atoms with Crippen molar-refractivity contribution in [3.05, 3.63) is 23.8 Å². The van der Waals surface area contributed by atoms with Gasteiger partial charge in [-0.15, -0.1) is 0 Å². The lowest BCUT2D eigenvalue weighted by Gasteiger charge is -2.31. The maximum absolute atomic E-state index is 12.9. The predicted octanol–water partition coefficient (Wildman–Crippen LogP) is 4.72. The summed E-state index contributed by atoms with van der Waals surface area (Å²) in [6, 6.07) is 5.86. The van der Waals surface area contributed by atoms with Gasteiger partial charge in [-0.1, -0.05) is 26.7 Å². The molecule has 1 aliphatic rings. The molecule has 2 N–H and O–H groups in total. The molecule has 1 aromatic carbocycles. The number of benzene rings is 1. The van der Waals surface area contributed by atoms with Crippen LogP contribution in [0.3, 0.4) is 0 Å². The molecule has 1 saturated heterocycles. The number of hydrogen-bond acceptors (Lipinski definition) is 3. The molecule has 0 radical (unpaired) electrons. The summed E-state index contributed by atoms with van der Waals surface area (Å²) in [6.07, 6.45) is 8.02. The van der Waals surface area contributed by atoms with E-state index >= 15 is 0 Å². The van der Waals surface area contributed by atoms with Crippen LogP contribution < -0.4 is 15.5 Å². The van der Waals surface area contributed by atoms with Crippen LogP contribution in [-0.2, 0) is 4.79 Å². The third-order valence-electron chi connectivity index (χ3n) is 5.22. The number of nitrogens with zero attached hydrogens (tertiary/aromatic N) is 1. The highest BCUT2D eigenvalue weighted by Gasteiger charge is 2.20. The van der Waals surface area contributed by atoms with Crippen LogP contribution in [-0.4, -0.2) is 30.9 Å². The van der Waals surface area contributed by atoms with Crippen molar-refractivity contribution in [2.24, 2.45) is 0 Å². The van der Waals surface area contributed by atoms with Gasteiger partial charge in [0.15, 0.2) is 0 Å². The molecule has 1 aliphatic heterocycles. The highest BCUT2D eigenvalue weighted by molar-refractivity contribution is 6.02. The molecule has 1 fully saturated rings. The molecule has 2 amide bonds. The minimum Gasteiger partial charge on any atom is -0.371 e. The molecule has 2 rings (SSSR count). The average molecular weight is 374 g/mol. The van der Waals surface area contributed by atoms with Crippen molar-refractivity contribution < 1.29 is 9.59 Å². The highest BCUT2D eigenvalue weighted by atomic mass is 16.2. The quantitative estimate of drug-likeness (QED) is 0.616. The lowest BCUT2D eigenvalue weighted by molar-refractivity contribution is -0.116. The number of unbranched alkanes of at least 4 members (excludes halogenated alkanes) is 2. The number of amides is 2. The maximum Gasteiger partial charge on any atom is 0.253 e. The minimum absolute atomic E-state index is 0.0162. The first-order valence-electron chi connectivity index (χ1n) is 10.5. The van der Waals surface area contributed by atoms with E-state index in [-0.39, 0.29) is 17.9 Å². The van der Waals surface area contributed by atoms with Crippen LogP contribution in [0.5, 0.6) is 0 Å². The van der Waals surface area contributed by atoms with Crippen LogP contribution in [0, 0.1) is 0 Å². The normalized spacial score (nSPS) is 15.3. The SMILES string of the molecule is CCCCCC(=O)Nc1ccc(N2CCCCC2)c(C(=O)NC(C)CC)c1. The van der Waals surface area contributed by atoms with Crippen molar-refractivity contribution in [1.82, 2.24) is 5.32 Å². The van der Waals surface area contributed by atoms with Crippen LogP contribution >= 0.6 is 0 Å². The Labute approximate surface area is 163 Å². The van der Waals surface area contributed by atoms with Crippen LogP contribution in [0.25, 0.3) is 0 Å². The van der Waals surface area contributed by atoms with E-state index in [1.807, 2.05) is 25.1 Å². The van der Waals surface area contributed by atoms with E-state index < -0.39 is 0 Å². The smallest absolute Gasteiger partial charge is 0.253 e. The lowest BCUT2D eigenvalue weighted by atomic mass is 10.0. The third-order valence-corrected chi connectivity index (χ3v) is 5.22. The summed E-state index contributed by atoms with van der Waals surface area (Å²) < 4.78 is 0. The van der Waals surface area contributed by atoms with Gasteiger partial charge in [0.25, 0.3) is 5.91 Å². The van der Waals surface area contributed by atoms with Gasteiger partial charge >= 0.3 is 0 Å². The van der Waals surface area contributed by atoms with Crippen molar-refractivity contribution in [3.8, 4) is 0 Å². The molecule has 0 aliphatic carbocycles. The van der Waals surface area contributed by atoms with E-state index in [1.54, 1.807) is 0 Å². The molecule has 1 aromatic rings. The Kier molecular flexibility index (Phi) is 8.62. The molecule has 5 heteroatoms. The zero-order chi connectivity index (χ0) is 19.6. The summed E-state index contributed by atoms with van der Waals surface area (Å²) in [5.41, 5.74) is 2.33. The van der Waals surface area contributed by atoms with Gasteiger partial charge in [0.1, 0.15) is 0 Å². The number of anilines is 2. The molecular weight excluding hydrogens is 338 g/mol. The molecule has 0 bridgehead atoms. The molecule has 5 nitrogen and oxygen atoms in total. The number of rotatable bonds is 9. The molecule has 0 aromatic heterocycles. The lowest BCUT2D eigenvalue weighted by Crippen LogP contribution is -2.35. The second kappa shape index (κ2) is 11.0. The minimum atomic E-state index is -0.0630. The van der Waals surface area contributed by atoms with Gasteiger partial charge in [-0.2, -0.15) is 0 Å². The summed E-state index contributed by atoms with van der Waals surface area (Å²) in [4.78, 5) is 27.3. The number of carbonyl (C=O) groups is 2. The second-order valence-electron chi connectivity index (χ2n) is 7.57. The van der Waals surface area contributed by atoms with Gasteiger partial charge < -0.3 is 15.5 Å². The van der Waals surface area contributed by atoms with Gasteiger partial charge in [0, 0.05) is 36.9 Å². The molecule has 27 heavy (non-hydrogen) atoms. The fourth-order valence-electron chi connectivity index (χ4n) is 3.37. The number of nitrogens with one attached hydrogen (secondary N) is 2. The topological polar surface area (TPSA) is 61.4 Å². The first-order chi connectivity index (χ1) is 13.0. The fraction of sp³-hybridized carbons (Fsp3) is 0.636. The van der Waals surface area contributed by atoms with Gasteiger partial charge in [0.05, 0.1) is 5.56 Å². The van der Waals surface area contributed by atoms with E-state index in [0.717, 1.165) is 57.3 Å². The Morgan fingerprint density at radius 2 is 1.85 bits per heavy atom. The number of carbonyl (C=O) groups excluding carboxylic acids is 2. The van der Waals surface area contributed by atoms with E-state index in [0.29, 0.717) is 17.7 Å². The van der Waals surface area contributed by atoms with Gasteiger partial charge in [-0.3, -0.25) is 9.59 Å². The molecule has 150 valence electrons. The zero-order valence-corrected chi connectivity index (χ0v) is 17.1. The Morgan fingerprint density at radius 3 is 2.52 bits per heavy atom. The predicted molar refractivity (Wildman–Crippen MR) is 112 cm³/mol. The van der Waals surface area contributed by atoms with Gasteiger partial charge in [-0.05, 0) is 57.2 Å². The summed E-state index contributed by atoms with van der Waals surface area (Å²) >= 11 is 0. The van der Waals surface area contributed by atoms with E-state index in [9.17, 15) is 9.59 Å². The van der Waals surface area contributed by atoms with Crippen LogP contribution in [0.15, 0.2) is 18.2 Å². The molecule has 1 heterocycles. The maximum atomic E-state index is 12.9. The molecule has 1 atom stereocenters. The Hall–Kier alpha value is -2.04. The third kappa shape index (κ3) is 6.56. The summed E-state index contributed by atoms with van der Waals surface area (Å²) in [5.74, 6) is -0.0468. The summed E-state index contributed by atoms with van der Waals surface area (Å²) in [6.45, 7) is 8.15. The molecule has 1 unspecified atom stereocenters. The number of hydrogen-bond donors (Lipinski definition) is 2. The van der Waals surface area contributed by atoms with Crippen molar-refractivity contribution in [3.63, 3.8) is 0 Å². The van der Waals surface area contributed by atoms with Crippen molar-refractivity contribution in [2.45, 2.75) is 78.2 Å². The van der Waals surface area contributed by atoms with Crippen molar-refractivity contribution >= 4 is 23.2 Å². The van der Waals surface area contributed by atoms with E-state index in [2.05, 4.69) is 29.4 Å². The zero-order valence-electron chi connectivity index (χ0n) is 17.1. The number of piperidine rings is 1. The van der Waals surface area contributed by atoms with Crippen molar-refractivity contribution in [1.29, 1.82) is 0 Å². The van der Waals surface area contributed by atoms with Crippen LogP contribution in [0.1, 0.15) is 82.5 Å². The standard InChI is InChI=1S/C22H35N3O2/c1-4-6-8-11-21(26)24-18-12-13-20(25-14-9-7-10-15-25)19(16-18)22(27)23-17(3)5-2/h12-13,16-17H,4-11,14-15H2,1-3H3,(H,23,27)(H,24,26). The van der Waals surface area contributed by atoms with E-state index in [1.165, 1.54) is 6.42 Å². The first-order valence-corrected chi connectivity index (χ1v) is 10.5. The monoisotopic (exact) mass is 373 g/mol. The molecule has 0 saturated carbocycles. The Balaban J connectivity index is 2.18. The molecular formula is C22H35N3O2. The highest BCUT2D eigenvalue weighted by Crippen LogP contribution is 2.27. The second-order valence-corrected chi connectivity index (χ2v) is 7.57. The Bertz CT molecular complexity index is 624.